The third kappa shape index (κ3) is 3.54. The molecule has 2 saturated heterocycles. The Labute approximate surface area is 136 Å². The zero-order valence-electron chi connectivity index (χ0n) is 13.5. The lowest BCUT2D eigenvalue weighted by Crippen LogP contribution is -2.48. The zero-order chi connectivity index (χ0) is 16.4. The summed E-state index contributed by atoms with van der Waals surface area (Å²) in [5.41, 5.74) is -0.167. The molecule has 5 heteroatoms. The van der Waals surface area contributed by atoms with Crippen LogP contribution in [0.1, 0.15) is 37.7 Å². The van der Waals surface area contributed by atoms with Crippen LogP contribution < -0.4 is 0 Å². The van der Waals surface area contributed by atoms with Gasteiger partial charge in [0.25, 0.3) is 0 Å². The van der Waals surface area contributed by atoms with E-state index in [1.54, 1.807) is 4.90 Å². The number of likely N-dealkylation sites (tertiary alicyclic amines) is 2. The molecule has 2 unspecified atom stereocenters. The minimum Gasteiger partial charge on any atom is -0.334 e. The maximum atomic E-state index is 13.9. The predicted octanol–water partition coefficient (Wildman–Crippen LogP) is 2.35. The van der Waals surface area contributed by atoms with E-state index in [0.29, 0.717) is 26.1 Å². The number of halogens is 1. The van der Waals surface area contributed by atoms with Crippen LogP contribution in [0.5, 0.6) is 0 Å². The molecule has 2 heterocycles. The number of carbonyl (C=O) groups is 2. The second-order valence-electron chi connectivity index (χ2n) is 6.89. The monoisotopic (exact) mass is 318 g/mol. The van der Waals surface area contributed by atoms with Gasteiger partial charge < -0.3 is 9.80 Å². The number of alkyl halides is 1. The highest BCUT2D eigenvalue weighted by Gasteiger charge is 2.39. The first-order valence-corrected chi connectivity index (χ1v) is 8.28. The van der Waals surface area contributed by atoms with E-state index >= 15 is 0 Å². The Morgan fingerprint density at radius 1 is 1.13 bits per heavy atom. The highest BCUT2D eigenvalue weighted by molar-refractivity contribution is 6.35. The molecule has 0 saturated carbocycles. The highest BCUT2D eigenvalue weighted by atomic mass is 19.1. The van der Waals surface area contributed by atoms with E-state index in [2.05, 4.69) is 12.1 Å². The van der Waals surface area contributed by atoms with Crippen LogP contribution in [0.2, 0.25) is 0 Å². The molecule has 0 radical (unpaired) electrons. The van der Waals surface area contributed by atoms with E-state index in [1.807, 2.05) is 18.2 Å². The molecule has 2 aliphatic rings. The maximum Gasteiger partial charge on any atom is 0.312 e. The molecule has 1 aromatic carbocycles. The molecule has 23 heavy (non-hydrogen) atoms. The first-order chi connectivity index (χ1) is 11.0. The second-order valence-corrected chi connectivity index (χ2v) is 6.89. The standard InChI is InChI=1S/C18H23FN2O2/c1-18(19)9-11-21(13-18)17(23)16(22)20-10-5-8-15(12-20)14-6-3-2-4-7-14/h2-4,6-7,15H,5,8-13H2,1H3. The fourth-order valence-electron chi connectivity index (χ4n) is 3.53. The van der Waals surface area contributed by atoms with Crippen LogP contribution in [0.25, 0.3) is 0 Å². The highest BCUT2D eigenvalue weighted by Crippen LogP contribution is 2.28. The van der Waals surface area contributed by atoms with Gasteiger partial charge in [-0.25, -0.2) is 4.39 Å². The lowest BCUT2D eigenvalue weighted by molar-refractivity contribution is -0.152. The number of nitrogens with zero attached hydrogens (tertiary/aromatic N) is 2. The molecular weight excluding hydrogens is 295 g/mol. The Balaban J connectivity index is 1.64. The molecule has 1 aromatic rings. The lowest BCUT2D eigenvalue weighted by Gasteiger charge is -2.33. The molecule has 0 aliphatic carbocycles. The van der Waals surface area contributed by atoms with Crippen molar-refractivity contribution in [3.05, 3.63) is 35.9 Å². The van der Waals surface area contributed by atoms with Crippen molar-refractivity contribution < 1.29 is 14.0 Å². The minimum atomic E-state index is -1.37. The van der Waals surface area contributed by atoms with Gasteiger partial charge in [-0.05, 0) is 25.3 Å². The Kier molecular flexibility index (Phi) is 4.37. The van der Waals surface area contributed by atoms with Crippen LogP contribution in [-0.4, -0.2) is 53.5 Å². The van der Waals surface area contributed by atoms with Gasteiger partial charge in [0.15, 0.2) is 0 Å². The summed E-state index contributed by atoms with van der Waals surface area (Å²) < 4.78 is 13.9. The van der Waals surface area contributed by atoms with Gasteiger partial charge >= 0.3 is 11.8 Å². The number of hydrogen-bond acceptors (Lipinski definition) is 2. The van der Waals surface area contributed by atoms with E-state index in [0.717, 1.165) is 12.8 Å². The van der Waals surface area contributed by atoms with E-state index in [-0.39, 0.29) is 12.5 Å². The van der Waals surface area contributed by atoms with Crippen molar-refractivity contribution in [3.63, 3.8) is 0 Å². The van der Waals surface area contributed by atoms with Gasteiger partial charge in [-0.2, -0.15) is 0 Å². The molecule has 0 spiro atoms. The zero-order valence-corrected chi connectivity index (χ0v) is 13.5. The van der Waals surface area contributed by atoms with Gasteiger partial charge in [0.1, 0.15) is 5.67 Å². The van der Waals surface area contributed by atoms with Gasteiger partial charge in [-0.1, -0.05) is 30.3 Å². The lowest BCUT2D eigenvalue weighted by atomic mass is 9.90. The SMILES string of the molecule is CC1(F)CCN(C(=O)C(=O)N2CCCC(c3ccccc3)C2)C1. The summed E-state index contributed by atoms with van der Waals surface area (Å²) in [6, 6.07) is 10.1. The third-order valence-electron chi connectivity index (χ3n) is 4.87. The Morgan fingerprint density at radius 3 is 2.48 bits per heavy atom. The maximum absolute atomic E-state index is 13.9. The molecule has 2 aliphatic heterocycles. The molecule has 2 amide bonds. The van der Waals surface area contributed by atoms with Crippen LogP contribution in [0.15, 0.2) is 30.3 Å². The molecule has 124 valence electrons. The quantitative estimate of drug-likeness (QED) is 0.746. The molecule has 4 nitrogen and oxygen atoms in total. The summed E-state index contributed by atoms with van der Waals surface area (Å²) in [6.07, 6.45) is 2.21. The molecule has 2 atom stereocenters. The van der Waals surface area contributed by atoms with Crippen LogP contribution >= 0.6 is 0 Å². The van der Waals surface area contributed by atoms with Crippen molar-refractivity contribution in [2.45, 2.75) is 37.8 Å². The fraction of sp³-hybridized carbons (Fsp3) is 0.556. The Bertz CT molecular complexity index is 588. The van der Waals surface area contributed by atoms with Crippen LogP contribution in [-0.2, 0) is 9.59 Å². The van der Waals surface area contributed by atoms with E-state index in [1.165, 1.54) is 17.4 Å². The average molecular weight is 318 g/mol. The normalized spacial score (nSPS) is 28.0. The molecular formula is C18H23FN2O2. The molecule has 2 fully saturated rings. The average Bonchev–Trinajstić information content (AvgIpc) is 2.94. The van der Waals surface area contributed by atoms with Crippen molar-refractivity contribution in [3.8, 4) is 0 Å². The van der Waals surface area contributed by atoms with Gasteiger partial charge in [0.05, 0.1) is 6.54 Å². The van der Waals surface area contributed by atoms with Crippen LogP contribution in [0, 0.1) is 0 Å². The summed E-state index contributed by atoms with van der Waals surface area (Å²) in [4.78, 5) is 27.8. The smallest absolute Gasteiger partial charge is 0.312 e. The number of amides is 2. The molecule has 0 aromatic heterocycles. The fourth-order valence-corrected chi connectivity index (χ4v) is 3.53. The summed E-state index contributed by atoms with van der Waals surface area (Å²) in [7, 11) is 0. The van der Waals surface area contributed by atoms with Gasteiger partial charge in [-0.3, -0.25) is 9.59 Å². The van der Waals surface area contributed by atoms with Gasteiger partial charge in [-0.15, -0.1) is 0 Å². The van der Waals surface area contributed by atoms with Crippen molar-refractivity contribution in [2.24, 2.45) is 0 Å². The Morgan fingerprint density at radius 2 is 1.83 bits per heavy atom. The molecule has 0 N–H and O–H groups in total. The van der Waals surface area contributed by atoms with E-state index in [4.69, 9.17) is 0 Å². The first kappa shape index (κ1) is 16.0. The van der Waals surface area contributed by atoms with Crippen LogP contribution in [0.4, 0.5) is 4.39 Å². The molecule has 0 bridgehead atoms. The van der Waals surface area contributed by atoms with Crippen molar-refractivity contribution in [1.29, 1.82) is 0 Å². The summed E-state index contributed by atoms with van der Waals surface area (Å²) >= 11 is 0. The number of rotatable bonds is 1. The second kappa shape index (κ2) is 6.30. The first-order valence-electron chi connectivity index (χ1n) is 8.28. The van der Waals surface area contributed by atoms with Gasteiger partial charge in [0, 0.05) is 32.0 Å². The predicted molar refractivity (Wildman–Crippen MR) is 85.7 cm³/mol. The van der Waals surface area contributed by atoms with E-state index < -0.39 is 17.5 Å². The van der Waals surface area contributed by atoms with Crippen molar-refractivity contribution in [1.82, 2.24) is 9.80 Å². The number of carbonyl (C=O) groups excluding carboxylic acids is 2. The molecule has 3 rings (SSSR count). The number of benzene rings is 1. The minimum absolute atomic E-state index is 0.0214. The van der Waals surface area contributed by atoms with Gasteiger partial charge in [0.2, 0.25) is 0 Å². The largest absolute Gasteiger partial charge is 0.334 e. The number of piperidine rings is 1. The van der Waals surface area contributed by atoms with Crippen molar-refractivity contribution >= 4 is 11.8 Å². The summed E-state index contributed by atoms with van der Waals surface area (Å²) in [6.45, 7) is 3.00. The Hall–Kier alpha value is -1.91. The summed E-state index contributed by atoms with van der Waals surface area (Å²) in [5, 5.41) is 0. The van der Waals surface area contributed by atoms with E-state index in [9.17, 15) is 14.0 Å². The van der Waals surface area contributed by atoms with Crippen molar-refractivity contribution in [2.75, 3.05) is 26.2 Å². The number of hydrogen-bond donors (Lipinski definition) is 0. The third-order valence-corrected chi connectivity index (χ3v) is 4.87. The summed E-state index contributed by atoms with van der Waals surface area (Å²) in [5.74, 6) is -0.768. The van der Waals surface area contributed by atoms with Crippen LogP contribution in [0.3, 0.4) is 0 Å². The topological polar surface area (TPSA) is 40.6 Å².